The van der Waals surface area contributed by atoms with Crippen LogP contribution >= 0.6 is 0 Å². The largest absolute Gasteiger partial charge is 0.467 e. The first-order valence-corrected chi connectivity index (χ1v) is 6.63. The number of hydrogen-bond donors (Lipinski definition) is 1. The van der Waals surface area contributed by atoms with Gasteiger partial charge in [0.2, 0.25) is 5.91 Å². The van der Waals surface area contributed by atoms with E-state index in [0.29, 0.717) is 6.42 Å². The molecule has 1 unspecified atom stereocenters. The Hall–Kier alpha value is -1.84. The third-order valence-electron chi connectivity index (χ3n) is 3.56. The molecule has 0 saturated heterocycles. The van der Waals surface area contributed by atoms with Crippen molar-refractivity contribution in [1.29, 1.82) is 0 Å². The van der Waals surface area contributed by atoms with Gasteiger partial charge in [0.05, 0.1) is 7.11 Å². The van der Waals surface area contributed by atoms with Gasteiger partial charge in [0.1, 0.15) is 6.04 Å². The second kappa shape index (κ2) is 6.36. The number of rotatable bonds is 5. The van der Waals surface area contributed by atoms with Gasteiger partial charge in [-0.05, 0) is 18.4 Å². The van der Waals surface area contributed by atoms with E-state index in [2.05, 4.69) is 5.32 Å². The van der Waals surface area contributed by atoms with Gasteiger partial charge in [0.15, 0.2) is 0 Å². The predicted octanol–water partition coefficient (Wildman–Crippen LogP) is 1.69. The molecule has 19 heavy (non-hydrogen) atoms. The maximum atomic E-state index is 11.9. The molecule has 102 valence electrons. The van der Waals surface area contributed by atoms with Crippen molar-refractivity contribution in [3.05, 3.63) is 35.9 Å². The molecule has 1 aromatic rings. The summed E-state index contributed by atoms with van der Waals surface area (Å²) in [5, 5.41) is 2.80. The summed E-state index contributed by atoms with van der Waals surface area (Å²) < 4.78 is 4.76. The molecule has 1 aromatic carbocycles. The smallest absolute Gasteiger partial charge is 0.328 e. The Morgan fingerprint density at radius 2 is 2.00 bits per heavy atom. The van der Waals surface area contributed by atoms with Crippen molar-refractivity contribution in [2.45, 2.75) is 31.7 Å². The number of carbonyl (C=O) groups is 2. The van der Waals surface area contributed by atoms with Crippen LogP contribution in [0.4, 0.5) is 0 Å². The fraction of sp³-hybridized carbons (Fsp3) is 0.467. The molecular weight excluding hydrogens is 242 g/mol. The van der Waals surface area contributed by atoms with Gasteiger partial charge in [-0.25, -0.2) is 4.79 Å². The van der Waals surface area contributed by atoms with Gasteiger partial charge < -0.3 is 10.1 Å². The Kier molecular flexibility index (Phi) is 4.55. The summed E-state index contributed by atoms with van der Waals surface area (Å²) in [5.74, 6) is -0.350. The van der Waals surface area contributed by atoms with E-state index in [1.54, 1.807) is 0 Å². The maximum absolute atomic E-state index is 11.9. The zero-order valence-electron chi connectivity index (χ0n) is 11.1. The molecule has 1 saturated carbocycles. The molecule has 4 nitrogen and oxygen atoms in total. The number of ether oxygens (including phenoxy) is 1. The summed E-state index contributed by atoms with van der Waals surface area (Å²) in [6, 6.07) is 9.02. The zero-order chi connectivity index (χ0) is 13.7. The minimum atomic E-state index is -0.597. The van der Waals surface area contributed by atoms with Crippen molar-refractivity contribution >= 4 is 11.9 Å². The summed E-state index contributed by atoms with van der Waals surface area (Å²) in [4.78, 5) is 23.7. The standard InChI is InChI=1S/C15H19NO3/c1-19-15(18)13(10-11-6-3-2-4-7-11)16-14(17)12-8-5-9-12/h2-4,6-7,12-13H,5,8-10H2,1H3,(H,16,17). The number of methoxy groups -OCH3 is 1. The van der Waals surface area contributed by atoms with Crippen molar-refractivity contribution in [3.8, 4) is 0 Å². The highest BCUT2D eigenvalue weighted by Crippen LogP contribution is 2.26. The average molecular weight is 261 g/mol. The zero-order valence-corrected chi connectivity index (χ0v) is 11.1. The molecule has 1 amide bonds. The highest BCUT2D eigenvalue weighted by Gasteiger charge is 2.29. The number of hydrogen-bond acceptors (Lipinski definition) is 3. The fourth-order valence-corrected chi connectivity index (χ4v) is 2.15. The molecule has 1 atom stereocenters. The first-order valence-electron chi connectivity index (χ1n) is 6.63. The second-order valence-corrected chi connectivity index (χ2v) is 4.90. The summed E-state index contributed by atoms with van der Waals surface area (Å²) in [6.45, 7) is 0. The lowest BCUT2D eigenvalue weighted by atomic mass is 9.84. The van der Waals surface area contributed by atoms with E-state index in [1.165, 1.54) is 7.11 Å². The Bertz CT molecular complexity index is 440. The first kappa shape index (κ1) is 13.6. The lowest BCUT2D eigenvalue weighted by molar-refractivity contribution is -0.146. The van der Waals surface area contributed by atoms with E-state index in [9.17, 15) is 9.59 Å². The van der Waals surface area contributed by atoms with E-state index in [0.717, 1.165) is 24.8 Å². The molecular formula is C15H19NO3. The third kappa shape index (κ3) is 3.56. The Labute approximate surface area is 113 Å². The van der Waals surface area contributed by atoms with Crippen LogP contribution in [0.1, 0.15) is 24.8 Å². The Morgan fingerprint density at radius 3 is 2.53 bits per heavy atom. The molecule has 0 aromatic heterocycles. The van der Waals surface area contributed by atoms with Crippen LogP contribution in [-0.4, -0.2) is 25.0 Å². The van der Waals surface area contributed by atoms with Gasteiger partial charge in [-0.2, -0.15) is 0 Å². The van der Waals surface area contributed by atoms with Crippen LogP contribution in [0.5, 0.6) is 0 Å². The van der Waals surface area contributed by atoms with Crippen molar-refractivity contribution in [2.24, 2.45) is 5.92 Å². The summed E-state index contributed by atoms with van der Waals surface area (Å²) in [7, 11) is 1.34. The molecule has 0 radical (unpaired) electrons. The maximum Gasteiger partial charge on any atom is 0.328 e. The van der Waals surface area contributed by atoms with Gasteiger partial charge in [0, 0.05) is 12.3 Å². The monoisotopic (exact) mass is 261 g/mol. The summed E-state index contributed by atoms with van der Waals surface area (Å²) in [5.41, 5.74) is 1.01. The molecule has 0 heterocycles. The predicted molar refractivity (Wildman–Crippen MR) is 71.4 cm³/mol. The van der Waals surface area contributed by atoms with Crippen LogP contribution in [0.3, 0.4) is 0 Å². The van der Waals surface area contributed by atoms with Crippen LogP contribution in [-0.2, 0) is 20.7 Å². The number of esters is 1. The SMILES string of the molecule is COC(=O)C(Cc1ccccc1)NC(=O)C1CCC1. The Morgan fingerprint density at radius 1 is 1.32 bits per heavy atom. The second-order valence-electron chi connectivity index (χ2n) is 4.90. The van der Waals surface area contributed by atoms with Gasteiger partial charge in [-0.3, -0.25) is 4.79 Å². The van der Waals surface area contributed by atoms with Crippen molar-refractivity contribution in [3.63, 3.8) is 0 Å². The molecule has 2 rings (SSSR count). The normalized spacial score (nSPS) is 16.3. The molecule has 1 aliphatic rings. The number of amides is 1. The van der Waals surface area contributed by atoms with Crippen molar-refractivity contribution in [2.75, 3.05) is 7.11 Å². The number of nitrogens with one attached hydrogen (secondary N) is 1. The van der Waals surface area contributed by atoms with E-state index < -0.39 is 12.0 Å². The van der Waals surface area contributed by atoms with Crippen LogP contribution in [0, 0.1) is 5.92 Å². The van der Waals surface area contributed by atoms with Crippen molar-refractivity contribution in [1.82, 2.24) is 5.32 Å². The van der Waals surface area contributed by atoms with Crippen LogP contribution < -0.4 is 5.32 Å². The van der Waals surface area contributed by atoms with Gasteiger partial charge in [-0.1, -0.05) is 36.8 Å². The molecule has 1 N–H and O–H groups in total. The lowest BCUT2D eigenvalue weighted by Gasteiger charge is -2.26. The minimum Gasteiger partial charge on any atom is -0.467 e. The topological polar surface area (TPSA) is 55.4 Å². The summed E-state index contributed by atoms with van der Waals surface area (Å²) in [6.07, 6.45) is 3.40. The van der Waals surface area contributed by atoms with Gasteiger partial charge in [0.25, 0.3) is 0 Å². The Balaban J connectivity index is 1.99. The highest BCUT2D eigenvalue weighted by molar-refractivity contribution is 5.86. The number of carbonyl (C=O) groups excluding carboxylic acids is 2. The van der Waals surface area contributed by atoms with E-state index >= 15 is 0 Å². The molecule has 0 spiro atoms. The molecule has 4 heteroatoms. The highest BCUT2D eigenvalue weighted by atomic mass is 16.5. The fourth-order valence-electron chi connectivity index (χ4n) is 2.15. The average Bonchev–Trinajstić information content (AvgIpc) is 2.36. The molecule has 0 bridgehead atoms. The third-order valence-corrected chi connectivity index (χ3v) is 3.56. The molecule has 0 aliphatic heterocycles. The van der Waals surface area contributed by atoms with E-state index in [4.69, 9.17) is 4.74 Å². The van der Waals surface area contributed by atoms with Crippen LogP contribution in [0.25, 0.3) is 0 Å². The number of benzene rings is 1. The van der Waals surface area contributed by atoms with Crippen LogP contribution in [0.15, 0.2) is 30.3 Å². The molecule has 1 aliphatic carbocycles. The first-order chi connectivity index (χ1) is 9.20. The van der Waals surface area contributed by atoms with Crippen molar-refractivity contribution < 1.29 is 14.3 Å². The van der Waals surface area contributed by atoms with Gasteiger partial charge in [-0.15, -0.1) is 0 Å². The van der Waals surface area contributed by atoms with E-state index in [1.807, 2.05) is 30.3 Å². The van der Waals surface area contributed by atoms with Crippen LogP contribution in [0.2, 0.25) is 0 Å². The van der Waals surface area contributed by atoms with E-state index in [-0.39, 0.29) is 11.8 Å². The van der Waals surface area contributed by atoms with Gasteiger partial charge >= 0.3 is 5.97 Å². The lowest BCUT2D eigenvalue weighted by Crippen LogP contribution is -2.46. The quantitative estimate of drug-likeness (QED) is 0.821. The summed E-state index contributed by atoms with van der Waals surface area (Å²) >= 11 is 0. The molecule has 1 fully saturated rings. The minimum absolute atomic E-state index is 0.0300.